The number of rotatable bonds is 6. The molecular weight excluding hydrogens is 221 g/mol. The van der Waals surface area contributed by atoms with Gasteiger partial charge in [0.15, 0.2) is 5.92 Å². The minimum Gasteiger partial charge on any atom is -0.377 e. The monoisotopic (exact) mass is 238 g/mol. The molecule has 0 radical (unpaired) electrons. The Morgan fingerprint density at radius 2 is 1.94 bits per heavy atom. The van der Waals surface area contributed by atoms with Crippen LogP contribution >= 0.6 is 0 Å². The third-order valence-corrected chi connectivity index (χ3v) is 1.97. The standard InChI is InChI=1S/C10H17F3N2O/c1-8(2)16-5-4-15(3)7-9(6-14)10(11,12)13/h8-9H,4-5,7H2,1-3H3. The van der Waals surface area contributed by atoms with E-state index in [1.54, 1.807) is 7.05 Å². The van der Waals surface area contributed by atoms with Gasteiger partial charge in [-0.25, -0.2) is 0 Å². The van der Waals surface area contributed by atoms with Crippen LogP contribution in [-0.2, 0) is 4.74 Å². The number of halogens is 3. The minimum absolute atomic E-state index is 0.0581. The first-order valence-corrected chi connectivity index (χ1v) is 5.03. The summed E-state index contributed by atoms with van der Waals surface area (Å²) in [6, 6.07) is 1.26. The molecule has 0 aromatic rings. The highest BCUT2D eigenvalue weighted by molar-refractivity contribution is 4.90. The van der Waals surface area contributed by atoms with Gasteiger partial charge in [0.2, 0.25) is 0 Å². The summed E-state index contributed by atoms with van der Waals surface area (Å²) >= 11 is 0. The van der Waals surface area contributed by atoms with Gasteiger partial charge in [0, 0.05) is 13.1 Å². The van der Waals surface area contributed by atoms with Crippen molar-refractivity contribution >= 4 is 0 Å². The van der Waals surface area contributed by atoms with Crippen LogP contribution in [0.25, 0.3) is 0 Å². The normalized spacial score (nSPS) is 14.2. The highest BCUT2D eigenvalue weighted by Crippen LogP contribution is 2.25. The Bertz CT molecular complexity index is 235. The Morgan fingerprint density at radius 1 is 1.38 bits per heavy atom. The van der Waals surface area contributed by atoms with Crippen LogP contribution < -0.4 is 0 Å². The zero-order valence-electron chi connectivity index (χ0n) is 9.71. The van der Waals surface area contributed by atoms with E-state index >= 15 is 0 Å². The number of likely N-dealkylation sites (N-methyl/N-ethyl adjacent to an activating group) is 1. The molecule has 0 saturated heterocycles. The average molecular weight is 238 g/mol. The van der Waals surface area contributed by atoms with Crippen molar-refractivity contribution in [2.24, 2.45) is 5.92 Å². The first kappa shape index (κ1) is 15.2. The first-order valence-electron chi connectivity index (χ1n) is 5.03. The van der Waals surface area contributed by atoms with Crippen LogP contribution in [0.2, 0.25) is 0 Å². The molecule has 0 bridgehead atoms. The van der Waals surface area contributed by atoms with E-state index in [1.807, 2.05) is 13.8 Å². The number of nitriles is 1. The van der Waals surface area contributed by atoms with Crippen molar-refractivity contribution in [1.82, 2.24) is 4.90 Å². The van der Waals surface area contributed by atoms with Crippen molar-refractivity contribution in [3.8, 4) is 6.07 Å². The Morgan fingerprint density at radius 3 is 2.31 bits per heavy atom. The molecule has 0 aliphatic carbocycles. The fraction of sp³-hybridized carbons (Fsp3) is 0.900. The molecule has 0 N–H and O–H groups in total. The molecule has 0 spiro atoms. The lowest BCUT2D eigenvalue weighted by Gasteiger charge is -2.21. The van der Waals surface area contributed by atoms with Crippen LogP contribution in [0.5, 0.6) is 0 Å². The van der Waals surface area contributed by atoms with Crippen molar-refractivity contribution in [2.45, 2.75) is 26.1 Å². The first-order chi connectivity index (χ1) is 7.27. The second kappa shape index (κ2) is 6.71. The average Bonchev–Trinajstić information content (AvgIpc) is 2.11. The maximum absolute atomic E-state index is 12.3. The number of nitrogens with zero attached hydrogens (tertiary/aromatic N) is 2. The van der Waals surface area contributed by atoms with Gasteiger partial charge >= 0.3 is 6.18 Å². The van der Waals surface area contributed by atoms with E-state index in [1.165, 1.54) is 11.0 Å². The van der Waals surface area contributed by atoms with Crippen LogP contribution in [-0.4, -0.2) is 43.9 Å². The quantitative estimate of drug-likeness (QED) is 0.710. The topological polar surface area (TPSA) is 36.3 Å². The van der Waals surface area contributed by atoms with Crippen LogP contribution in [0, 0.1) is 17.2 Å². The molecule has 0 aliphatic rings. The Balaban J connectivity index is 3.94. The maximum atomic E-state index is 12.3. The smallest absolute Gasteiger partial charge is 0.377 e. The van der Waals surface area contributed by atoms with Gasteiger partial charge in [-0.1, -0.05) is 0 Å². The fourth-order valence-corrected chi connectivity index (χ4v) is 1.06. The summed E-state index contributed by atoms with van der Waals surface area (Å²) < 4.78 is 42.0. The van der Waals surface area contributed by atoms with E-state index in [2.05, 4.69) is 0 Å². The SMILES string of the molecule is CC(C)OCCN(C)CC(C#N)C(F)(F)F. The fourth-order valence-electron chi connectivity index (χ4n) is 1.06. The molecule has 1 unspecified atom stereocenters. The van der Waals surface area contributed by atoms with Crippen molar-refractivity contribution in [3.63, 3.8) is 0 Å². The molecule has 0 rings (SSSR count). The zero-order valence-corrected chi connectivity index (χ0v) is 9.71. The largest absolute Gasteiger partial charge is 0.405 e. The third-order valence-electron chi connectivity index (χ3n) is 1.97. The number of hydrogen-bond donors (Lipinski definition) is 0. The summed E-state index contributed by atoms with van der Waals surface area (Å²) in [6.45, 7) is 4.14. The summed E-state index contributed by atoms with van der Waals surface area (Å²) in [7, 11) is 1.54. The summed E-state index contributed by atoms with van der Waals surface area (Å²) in [5.41, 5.74) is 0. The molecule has 0 fully saturated rings. The van der Waals surface area contributed by atoms with Gasteiger partial charge in [-0.2, -0.15) is 18.4 Å². The predicted molar refractivity (Wildman–Crippen MR) is 53.7 cm³/mol. The van der Waals surface area contributed by atoms with Gasteiger partial charge in [-0.15, -0.1) is 0 Å². The van der Waals surface area contributed by atoms with Gasteiger partial charge in [-0.05, 0) is 20.9 Å². The van der Waals surface area contributed by atoms with Crippen molar-refractivity contribution in [1.29, 1.82) is 5.26 Å². The van der Waals surface area contributed by atoms with E-state index in [0.29, 0.717) is 13.2 Å². The van der Waals surface area contributed by atoms with Crippen LogP contribution in [0.4, 0.5) is 13.2 Å². The van der Waals surface area contributed by atoms with E-state index in [0.717, 1.165) is 0 Å². The van der Waals surface area contributed by atoms with Gasteiger partial charge in [0.05, 0.1) is 18.8 Å². The maximum Gasteiger partial charge on any atom is 0.405 e. The summed E-state index contributed by atoms with van der Waals surface area (Å²) in [5, 5.41) is 8.40. The molecule has 1 atom stereocenters. The van der Waals surface area contributed by atoms with E-state index in [4.69, 9.17) is 10.00 Å². The summed E-state index contributed by atoms with van der Waals surface area (Å²) in [5.74, 6) is -1.93. The molecule has 16 heavy (non-hydrogen) atoms. The molecule has 3 nitrogen and oxygen atoms in total. The molecule has 0 aromatic carbocycles. The Labute approximate surface area is 93.8 Å². The second-order valence-electron chi connectivity index (χ2n) is 3.91. The van der Waals surface area contributed by atoms with Crippen LogP contribution in [0.3, 0.4) is 0 Å². The lowest BCUT2D eigenvalue weighted by atomic mass is 10.1. The van der Waals surface area contributed by atoms with Gasteiger partial charge in [0.25, 0.3) is 0 Å². The highest BCUT2D eigenvalue weighted by Gasteiger charge is 2.40. The van der Waals surface area contributed by atoms with Crippen molar-refractivity contribution < 1.29 is 17.9 Å². The molecule has 0 aromatic heterocycles. The van der Waals surface area contributed by atoms with Crippen LogP contribution in [0.1, 0.15) is 13.8 Å². The molecular formula is C10H17F3N2O. The van der Waals surface area contributed by atoms with E-state index in [9.17, 15) is 13.2 Å². The highest BCUT2D eigenvalue weighted by atomic mass is 19.4. The van der Waals surface area contributed by atoms with Crippen molar-refractivity contribution in [3.05, 3.63) is 0 Å². The molecule has 0 heterocycles. The number of ether oxygens (including phenoxy) is 1. The minimum atomic E-state index is -4.46. The summed E-state index contributed by atoms with van der Waals surface area (Å²) in [6.07, 6.45) is -4.40. The zero-order chi connectivity index (χ0) is 12.8. The molecule has 0 amide bonds. The van der Waals surface area contributed by atoms with E-state index in [-0.39, 0.29) is 12.6 Å². The third kappa shape index (κ3) is 6.64. The van der Waals surface area contributed by atoms with Gasteiger partial charge in [0.1, 0.15) is 0 Å². The summed E-state index contributed by atoms with van der Waals surface area (Å²) in [4.78, 5) is 1.45. The van der Waals surface area contributed by atoms with E-state index < -0.39 is 12.1 Å². The Hall–Kier alpha value is -0.800. The van der Waals surface area contributed by atoms with Crippen LogP contribution in [0.15, 0.2) is 0 Å². The lowest BCUT2D eigenvalue weighted by Crippen LogP contribution is -2.35. The molecule has 94 valence electrons. The number of alkyl halides is 3. The number of hydrogen-bond acceptors (Lipinski definition) is 3. The molecule has 6 heteroatoms. The van der Waals surface area contributed by atoms with Gasteiger partial charge in [-0.3, -0.25) is 0 Å². The lowest BCUT2D eigenvalue weighted by molar-refractivity contribution is -0.162. The molecule has 0 aliphatic heterocycles. The second-order valence-corrected chi connectivity index (χ2v) is 3.91. The predicted octanol–water partition coefficient (Wildman–Crippen LogP) is 2.05. The molecule has 0 saturated carbocycles. The van der Waals surface area contributed by atoms with Gasteiger partial charge < -0.3 is 9.64 Å². The van der Waals surface area contributed by atoms with Crippen molar-refractivity contribution in [2.75, 3.05) is 26.7 Å². The Kier molecular flexibility index (Phi) is 6.38.